The summed E-state index contributed by atoms with van der Waals surface area (Å²) >= 11 is 0. The molecule has 0 spiro atoms. The maximum absolute atomic E-state index is 4.58. The van der Waals surface area contributed by atoms with Gasteiger partial charge in [0, 0.05) is 5.71 Å². The second kappa shape index (κ2) is 3.10. The molecule has 1 aromatic carbocycles. The lowest BCUT2D eigenvalue weighted by Gasteiger charge is -2.04. The second-order valence-corrected chi connectivity index (χ2v) is 3.28. The first kappa shape index (κ1) is 7.53. The Balaban J connectivity index is 2.14. The predicted octanol–water partition coefficient (Wildman–Crippen LogP) is 2.98. The Kier molecular flexibility index (Phi) is 1.94. The van der Waals surface area contributed by atoms with Gasteiger partial charge in [-0.2, -0.15) is 0 Å². The Hall–Kier alpha value is -1.11. The van der Waals surface area contributed by atoms with Crippen molar-refractivity contribution in [3.8, 4) is 0 Å². The fourth-order valence-corrected chi connectivity index (χ4v) is 1.26. The van der Waals surface area contributed by atoms with Crippen molar-refractivity contribution >= 4 is 5.71 Å². The third kappa shape index (κ3) is 1.73. The molecular weight excluding hydrogens is 146 g/mol. The van der Waals surface area contributed by atoms with Gasteiger partial charge >= 0.3 is 0 Å². The normalized spacial score (nSPS) is 17.2. The van der Waals surface area contributed by atoms with Crippen LogP contribution in [0.5, 0.6) is 0 Å². The van der Waals surface area contributed by atoms with Crippen molar-refractivity contribution in [1.82, 2.24) is 0 Å². The Morgan fingerprint density at radius 1 is 1.17 bits per heavy atom. The van der Waals surface area contributed by atoms with Gasteiger partial charge in [-0.3, -0.25) is 4.99 Å². The van der Waals surface area contributed by atoms with Gasteiger partial charge in [-0.1, -0.05) is 30.3 Å². The van der Waals surface area contributed by atoms with E-state index in [1.54, 1.807) is 0 Å². The van der Waals surface area contributed by atoms with E-state index in [-0.39, 0.29) is 0 Å². The summed E-state index contributed by atoms with van der Waals surface area (Å²) in [7, 11) is 0. The van der Waals surface area contributed by atoms with Crippen molar-refractivity contribution in [2.75, 3.05) is 0 Å². The molecule has 1 saturated carbocycles. The molecule has 1 aliphatic rings. The van der Waals surface area contributed by atoms with Crippen molar-refractivity contribution in [3.63, 3.8) is 0 Å². The molecule has 0 bridgehead atoms. The average molecular weight is 159 g/mol. The van der Waals surface area contributed by atoms with Crippen LogP contribution < -0.4 is 0 Å². The van der Waals surface area contributed by atoms with E-state index < -0.39 is 0 Å². The van der Waals surface area contributed by atoms with Crippen LogP contribution in [0.3, 0.4) is 0 Å². The Bertz CT molecular complexity index is 281. The summed E-state index contributed by atoms with van der Waals surface area (Å²) in [6.07, 6.45) is 2.44. The van der Waals surface area contributed by atoms with Gasteiger partial charge < -0.3 is 0 Å². The smallest absolute Gasteiger partial charge is 0.0720 e. The molecule has 0 radical (unpaired) electrons. The quantitative estimate of drug-likeness (QED) is 0.629. The van der Waals surface area contributed by atoms with Gasteiger partial charge in [-0.15, -0.1) is 0 Å². The van der Waals surface area contributed by atoms with E-state index >= 15 is 0 Å². The summed E-state index contributed by atoms with van der Waals surface area (Å²) in [5.74, 6) is 0. The lowest BCUT2D eigenvalue weighted by molar-refractivity contribution is 0.823. The minimum Gasteiger partial charge on any atom is -0.286 e. The van der Waals surface area contributed by atoms with Gasteiger partial charge in [-0.25, -0.2) is 0 Å². The molecule has 1 heteroatoms. The fraction of sp³-hybridized carbons (Fsp3) is 0.364. The summed E-state index contributed by atoms with van der Waals surface area (Å²) in [6.45, 7) is 2.15. The summed E-state index contributed by atoms with van der Waals surface area (Å²) in [6, 6.07) is 10.8. The van der Waals surface area contributed by atoms with E-state index in [9.17, 15) is 0 Å². The van der Waals surface area contributed by atoms with Crippen LogP contribution in [0.25, 0.3) is 0 Å². The Morgan fingerprint density at radius 2 is 1.83 bits per heavy atom. The number of benzene rings is 1. The molecule has 1 unspecified atom stereocenters. The third-order valence-electron chi connectivity index (χ3n) is 2.13. The van der Waals surface area contributed by atoms with E-state index in [1.165, 1.54) is 24.1 Å². The molecule has 0 amide bonds. The fourth-order valence-electron chi connectivity index (χ4n) is 1.26. The van der Waals surface area contributed by atoms with Crippen molar-refractivity contribution < 1.29 is 0 Å². The molecule has 1 aliphatic carbocycles. The lowest BCUT2D eigenvalue weighted by Crippen LogP contribution is -1.88. The monoisotopic (exact) mass is 159 g/mol. The van der Waals surface area contributed by atoms with E-state index in [2.05, 4.69) is 36.2 Å². The zero-order valence-electron chi connectivity index (χ0n) is 7.33. The molecule has 62 valence electrons. The molecule has 0 aliphatic heterocycles. The predicted molar refractivity (Wildman–Crippen MR) is 51.5 cm³/mol. The van der Waals surface area contributed by atoms with Crippen LogP contribution in [0.1, 0.15) is 31.4 Å². The van der Waals surface area contributed by atoms with E-state index in [0.29, 0.717) is 6.04 Å². The van der Waals surface area contributed by atoms with Crippen LogP contribution in [-0.2, 0) is 0 Å². The zero-order chi connectivity index (χ0) is 8.39. The molecule has 1 aromatic rings. The summed E-state index contributed by atoms with van der Waals surface area (Å²) < 4.78 is 0. The van der Waals surface area contributed by atoms with Crippen LogP contribution in [0.15, 0.2) is 35.3 Å². The molecule has 1 atom stereocenters. The largest absolute Gasteiger partial charge is 0.286 e. The molecule has 1 fully saturated rings. The maximum Gasteiger partial charge on any atom is 0.0720 e. The number of nitrogens with zero attached hydrogens (tertiary/aromatic N) is 1. The number of rotatable bonds is 2. The van der Waals surface area contributed by atoms with Gasteiger partial charge in [0.25, 0.3) is 0 Å². The highest BCUT2D eigenvalue weighted by molar-refractivity contribution is 5.98. The highest BCUT2D eigenvalue weighted by atomic mass is 14.8. The first-order valence-corrected chi connectivity index (χ1v) is 4.47. The minimum atomic E-state index is 0.351. The molecule has 0 aromatic heterocycles. The summed E-state index contributed by atoms with van der Waals surface area (Å²) in [5.41, 5.74) is 2.70. The third-order valence-corrected chi connectivity index (χ3v) is 2.13. The minimum absolute atomic E-state index is 0.351. The Morgan fingerprint density at radius 3 is 2.42 bits per heavy atom. The highest BCUT2D eigenvalue weighted by Gasteiger charge is 2.14. The standard InChI is InChI=1S/C11H13N/c1-9(12-11-7-8-11)10-5-3-2-4-6-10/h2-6,9H,7-8H2,1H3. The van der Waals surface area contributed by atoms with Gasteiger partial charge in [0.2, 0.25) is 0 Å². The topological polar surface area (TPSA) is 12.4 Å². The SMILES string of the molecule is CC(N=C1CC1)c1ccccc1. The van der Waals surface area contributed by atoms with Crippen LogP contribution in [0.4, 0.5) is 0 Å². The summed E-state index contributed by atoms with van der Waals surface area (Å²) in [5, 5.41) is 0. The Labute approximate surface area is 73.1 Å². The second-order valence-electron chi connectivity index (χ2n) is 3.28. The van der Waals surface area contributed by atoms with Gasteiger partial charge in [-0.05, 0) is 25.3 Å². The van der Waals surface area contributed by atoms with Crippen LogP contribution >= 0.6 is 0 Å². The molecular formula is C11H13N. The van der Waals surface area contributed by atoms with E-state index in [1.807, 2.05) is 6.07 Å². The highest BCUT2D eigenvalue weighted by Crippen LogP contribution is 2.22. The number of aliphatic imine (C=N–C) groups is 1. The van der Waals surface area contributed by atoms with Crippen LogP contribution in [-0.4, -0.2) is 5.71 Å². The van der Waals surface area contributed by atoms with E-state index in [0.717, 1.165) is 0 Å². The maximum atomic E-state index is 4.58. The van der Waals surface area contributed by atoms with Gasteiger partial charge in [0.05, 0.1) is 6.04 Å². The average Bonchev–Trinajstić information content (AvgIpc) is 2.90. The van der Waals surface area contributed by atoms with Crippen LogP contribution in [0.2, 0.25) is 0 Å². The van der Waals surface area contributed by atoms with Gasteiger partial charge in [0.15, 0.2) is 0 Å². The number of hydrogen-bond donors (Lipinski definition) is 0. The van der Waals surface area contributed by atoms with E-state index in [4.69, 9.17) is 0 Å². The van der Waals surface area contributed by atoms with Crippen molar-refractivity contribution in [2.24, 2.45) is 4.99 Å². The van der Waals surface area contributed by atoms with Crippen molar-refractivity contribution in [1.29, 1.82) is 0 Å². The summed E-state index contributed by atoms with van der Waals surface area (Å²) in [4.78, 5) is 4.58. The zero-order valence-corrected chi connectivity index (χ0v) is 7.33. The van der Waals surface area contributed by atoms with Crippen LogP contribution in [0, 0.1) is 0 Å². The molecule has 1 nitrogen and oxygen atoms in total. The number of hydrogen-bond acceptors (Lipinski definition) is 1. The first-order chi connectivity index (χ1) is 5.86. The first-order valence-electron chi connectivity index (χ1n) is 4.47. The van der Waals surface area contributed by atoms with Crippen molar-refractivity contribution in [2.45, 2.75) is 25.8 Å². The molecule has 0 saturated heterocycles. The molecule has 12 heavy (non-hydrogen) atoms. The molecule has 2 rings (SSSR count). The molecule has 0 N–H and O–H groups in total. The lowest BCUT2D eigenvalue weighted by atomic mass is 10.1. The van der Waals surface area contributed by atoms with Gasteiger partial charge in [0.1, 0.15) is 0 Å². The molecule has 0 heterocycles. The van der Waals surface area contributed by atoms with Crippen molar-refractivity contribution in [3.05, 3.63) is 35.9 Å².